The number of ether oxygens (including phenoxy) is 1. The third kappa shape index (κ3) is 3.23. The molecule has 8 heteroatoms. The van der Waals surface area contributed by atoms with Crippen LogP contribution >= 0.6 is 11.8 Å². The number of nitrogens with two attached hydrogens (primary N) is 1. The molecule has 1 unspecified atom stereocenters. The molecular weight excluding hydrogens is 344 g/mol. The Kier molecular flexibility index (Phi) is 4.75. The van der Waals surface area contributed by atoms with E-state index in [0.29, 0.717) is 6.42 Å². The molecule has 1 aromatic rings. The number of carbonyl (C=O) groups is 3. The van der Waals surface area contributed by atoms with Crippen molar-refractivity contribution in [3.05, 3.63) is 35.9 Å². The zero-order valence-corrected chi connectivity index (χ0v) is 14.6. The highest BCUT2D eigenvalue weighted by Crippen LogP contribution is 2.52. The fourth-order valence-electron chi connectivity index (χ4n) is 3.29. The fourth-order valence-corrected chi connectivity index (χ4v) is 5.00. The topological polar surface area (TPSA) is 110 Å². The number of esters is 1. The molecule has 1 amide bonds. The fraction of sp³-hybridized carbons (Fsp3) is 0.471. The molecule has 1 aromatic carbocycles. The van der Waals surface area contributed by atoms with Crippen LogP contribution in [0.4, 0.5) is 0 Å². The van der Waals surface area contributed by atoms with Crippen LogP contribution in [0.2, 0.25) is 0 Å². The minimum Gasteiger partial charge on any atom is -0.480 e. The van der Waals surface area contributed by atoms with Crippen LogP contribution in [0.5, 0.6) is 0 Å². The van der Waals surface area contributed by atoms with Gasteiger partial charge in [-0.2, -0.15) is 0 Å². The van der Waals surface area contributed by atoms with Crippen LogP contribution in [0.25, 0.3) is 0 Å². The molecule has 0 aliphatic carbocycles. The summed E-state index contributed by atoms with van der Waals surface area (Å²) in [5.74, 6) is -1.81. The molecule has 2 heterocycles. The summed E-state index contributed by atoms with van der Waals surface area (Å²) >= 11 is 1.36. The van der Waals surface area contributed by atoms with E-state index in [1.807, 2.05) is 30.3 Å². The first-order valence-corrected chi connectivity index (χ1v) is 8.89. The number of aliphatic carboxylic acids is 1. The van der Waals surface area contributed by atoms with Crippen LogP contribution in [0, 0.1) is 0 Å². The van der Waals surface area contributed by atoms with Gasteiger partial charge in [0.1, 0.15) is 24.1 Å². The number of rotatable bonds is 6. The van der Waals surface area contributed by atoms with Gasteiger partial charge in [0.25, 0.3) is 0 Å². The molecule has 0 aromatic heterocycles. The zero-order valence-electron chi connectivity index (χ0n) is 13.8. The third-order valence-corrected chi connectivity index (χ3v) is 6.40. The van der Waals surface area contributed by atoms with E-state index in [9.17, 15) is 19.5 Å². The lowest BCUT2D eigenvalue weighted by atomic mass is 9.91. The Hall–Kier alpha value is -2.06. The lowest BCUT2D eigenvalue weighted by Crippen LogP contribution is -2.68. The molecule has 2 saturated heterocycles. The highest BCUT2D eigenvalue weighted by atomic mass is 32.2. The number of β-lactam (4-membered cyclic amide) rings is 1. The van der Waals surface area contributed by atoms with Crippen LogP contribution in [0.1, 0.15) is 25.3 Å². The second-order valence-corrected chi connectivity index (χ2v) is 8.13. The molecule has 0 saturated carbocycles. The molecule has 2 aliphatic rings. The van der Waals surface area contributed by atoms with Crippen LogP contribution in [-0.2, 0) is 25.7 Å². The molecule has 0 spiro atoms. The number of hydrogen-bond acceptors (Lipinski definition) is 6. The third-order valence-electron chi connectivity index (χ3n) is 4.67. The Labute approximate surface area is 149 Å². The summed E-state index contributed by atoms with van der Waals surface area (Å²) in [5.41, 5.74) is 6.65. The number of carboxylic acids is 1. The van der Waals surface area contributed by atoms with Crippen LogP contribution in [0.15, 0.2) is 30.3 Å². The predicted octanol–water partition coefficient (Wildman–Crippen LogP) is 0.964. The number of carboxylic acid groups (broad SMARTS) is 1. The average Bonchev–Trinajstić information content (AvgIpc) is 2.89. The summed E-state index contributed by atoms with van der Waals surface area (Å²) in [7, 11) is 0. The molecule has 2 fully saturated rings. The van der Waals surface area contributed by atoms with E-state index in [1.54, 1.807) is 6.92 Å². The summed E-state index contributed by atoms with van der Waals surface area (Å²) in [6.07, 6.45) is 0.388. The molecule has 0 radical (unpaired) electrons. The number of thioether (sulfide) groups is 1. The van der Waals surface area contributed by atoms with Gasteiger partial charge in [-0.05, 0) is 18.9 Å². The average molecular weight is 364 g/mol. The number of hydrogen-bond donors (Lipinski definition) is 2. The van der Waals surface area contributed by atoms with E-state index < -0.39 is 22.8 Å². The van der Waals surface area contributed by atoms with E-state index in [1.165, 1.54) is 16.7 Å². The number of nitrogens with zero attached hydrogens (tertiary/aromatic N) is 1. The summed E-state index contributed by atoms with van der Waals surface area (Å²) in [6, 6.07) is 7.68. The Morgan fingerprint density at radius 2 is 2.04 bits per heavy atom. The van der Waals surface area contributed by atoms with Gasteiger partial charge in [0, 0.05) is 11.2 Å². The van der Waals surface area contributed by atoms with Gasteiger partial charge in [-0.1, -0.05) is 30.3 Å². The van der Waals surface area contributed by atoms with Gasteiger partial charge in [-0.25, -0.2) is 4.79 Å². The van der Waals surface area contributed by atoms with Gasteiger partial charge in [0.15, 0.2) is 0 Å². The Morgan fingerprint density at radius 1 is 1.36 bits per heavy atom. The molecule has 2 aliphatic heterocycles. The minimum atomic E-state index is -1.07. The van der Waals surface area contributed by atoms with Crippen molar-refractivity contribution >= 4 is 29.6 Å². The normalized spacial score (nSPS) is 30.6. The van der Waals surface area contributed by atoms with Crippen molar-refractivity contribution in [3.63, 3.8) is 0 Å². The number of benzene rings is 1. The maximum Gasteiger partial charge on any atom is 0.327 e. The quantitative estimate of drug-likeness (QED) is 0.571. The Balaban J connectivity index is 1.58. The molecule has 25 heavy (non-hydrogen) atoms. The van der Waals surface area contributed by atoms with Crippen LogP contribution in [0.3, 0.4) is 0 Å². The summed E-state index contributed by atoms with van der Waals surface area (Å²) in [6.45, 7) is 1.95. The summed E-state index contributed by atoms with van der Waals surface area (Å²) in [5, 5.41) is 9.19. The second kappa shape index (κ2) is 6.68. The SMILES string of the molecule is CC1(CCC(=O)OCc2ccccc2)S[C@@H]2[C@H](N)C(=O)N2[C@H]1C(=O)O. The Bertz CT molecular complexity index is 698. The largest absolute Gasteiger partial charge is 0.480 e. The van der Waals surface area contributed by atoms with Crippen LogP contribution < -0.4 is 5.73 Å². The molecule has 7 nitrogen and oxygen atoms in total. The minimum absolute atomic E-state index is 0.0874. The molecule has 4 atom stereocenters. The highest BCUT2D eigenvalue weighted by molar-refractivity contribution is 8.01. The predicted molar refractivity (Wildman–Crippen MR) is 91.5 cm³/mol. The molecule has 0 bridgehead atoms. The van der Waals surface area contributed by atoms with Crippen molar-refractivity contribution in [3.8, 4) is 0 Å². The van der Waals surface area contributed by atoms with E-state index in [2.05, 4.69) is 0 Å². The van der Waals surface area contributed by atoms with Crippen molar-refractivity contribution < 1.29 is 24.2 Å². The van der Waals surface area contributed by atoms with Crippen molar-refractivity contribution in [2.24, 2.45) is 5.73 Å². The standard InChI is InChI=1S/C17H20N2O5S/c1-17(8-7-11(20)24-9-10-5-3-2-4-6-10)13(16(22)23)19-14(21)12(18)15(19)25-17/h2-6,12-13,15H,7-9,18H2,1H3,(H,22,23)/t12-,13+,15-,17?/m1/s1. The first-order chi connectivity index (χ1) is 11.8. The van der Waals surface area contributed by atoms with Crippen molar-refractivity contribution in [2.75, 3.05) is 0 Å². The number of amides is 1. The maximum absolute atomic E-state index is 12.0. The maximum atomic E-state index is 12.0. The van der Waals surface area contributed by atoms with Gasteiger partial charge in [0.05, 0.1) is 0 Å². The van der Waals surface area contributed by atoms with Crippen molar-refractivity contribution in [1.29, 1.82) is 0 Å². The molecular formula is C17H20N2O5S. The summed E-state index contributed by atoms with van der Waals surface area (Å²) in [4.78, 5) is 36.9. The number of carbonyl (C=O) groups excluding carboxylic acids is 2. The summed E-state index contributed by atoms with van der Waals surface area (Å²) < 4.78 is 4.47. The second-order valence-electron chi connectivity index (χ2n) is 6.48. The smallest absolute Gasteiger partial charge is 0.327 e. The molecule has 3 rings (SSSR count). The van der Waals surface area contributed by atoms with E-state index in [0.717, 1.165) is 5.56 Å². The first-order valence-electron chi connectivity index (χ1n) is 8.01. The van der Waals surface area contributed by atoms with Gasteiger partial charge >= 0.3 is 11.9 Å². The zero-order chi connectivity index (χ0) is 18.2. The molecule has 134 valence electrons. The van der Waals surface area contributed by atoms with Gasteiger partial charge < -0.3 is 20.5 Å². The van der Waals surface area contributed by atoms with Crippen LogP contribution in [-0.4, -0.2) is 50.1 Å². The van der Waals surface area contributed by atoms with Gasteiger partial charge in [-0.15, -0.1) is 11.8 Å². The highest BCUT2D eigenvalue weighted by Gasteiger charge is 2.64. The Morgan fingerprint density at radius 3 is 2.68 bits per heavy atom. The van der Waals surface area contributed by atoms with E-state index in [4.69, 9.17) is 10.5 Å². The van der Waals surface area contributed by atoms with E-state index >= 15 is 0 Å². The lowest BCUT2D eigenvalue weighted by molar-refractivity contribution is -0.159. The molecule has 3 N–H and O–H groups in total. The van der Waals surface area contributed by atoms with Gasteiger partial charge in [-0.3, -0.25) is 9.59 Å². The van der Waals surface area contributed by atoms with Crippen molar-refractivity contribution in [1.82, 2.24) is 4.90 Å². The van der Waals surface area contributed by atoms with Gasteiger partial charge in [0.2, 0.25) is 5.91 Å². The first kappa shape index (κ1) is 17.8. The lowest BCUT2D eigenvalue weighted by Gasteiger charge is -2.41. The monoisotopic (exact) mass is 364 g/mol. The number of fused-ring (bicyclic) bond motifs is 1. The van der Waals surface area contributed by atoms with Crippen molar-refractivity contribution in [2.45, 2.75) is 48.6 Å². The van der Waals surface area contributed by atoms with E-state index in [-0.39, 0.29) is 30.3 Å².